The van der Waals surface area contributed by atoms with Crippen molar-refractivity contribution in [2.24, 2.45) is 12.8 Å². The zero-order valence-corrected chi connectivity index (χ0v) is 9.00. The summed E-state index contributed by atoms with van der Waals surface area (Å²) in [7, 11) is 1.88. The molecule has 1 rings (SSSR count). The summed E-state index contributed by atoms with van der Waals surface area (Å²) < 4.78 is 1.76. The number of nitrogens with two attached hydrogens (primary N) is 1. The van der Waals surface area contributed by atoms with E-state index in [0.717, 1.165) is 11.6 Å². The quantitative estimate of drug-likeness (QED) is 0.746. The Kier molecular flexibility index (Phi) is 2.43. The normalized spacial score (nSPS) is 12.5. The average molecular weight is 182 g/mol. The van der Waals surface area contributed by atoms with E-state index in [0.29, 0.717) is 5.92 Å². The van der Waals surface area contributed by atoms with Crippen LogP contribution in [0.1, 0.15) is 45.3 Å². The van der Waals surface area contributed by atoms with E-state index in [4.69, 9.17) is 5.73 Å². The molecule has 4 heteroatoms. The molecule has 74 valence electrons. The van der Waals surface area contributed by atoms with Crippen LogP contribution in [0.4, 0.5) is 0 Å². The van der Waals surface area contributed by atoms with Gasteiger partial charge in [-0.05, 0) is 13.8 Å². The van der Waals surface area contributed by atoms with Crippen LogP contribution in [0.25, 0.3) is 0 Å². The third-order valence-corrected chi connectivity index (χ3v) is 1.87. The van der Waals surface area contributed by atoms with Crippen LogP contribution in [0.3, 0.4) is 0 Å². The molecule has 0 unspecified atom stereocenters. The average Bonchev–Trinajstić information content (AvgIpc) is 2.29. The molecule has 0 aliphatic heterocycles. The fourth-order valence-electron chi connectivity index (χ4n) is 1.21. The minimum Gasteiger partial charge on any atom is -0.319 e. The second-order valence-corrected chi connectivity index (χ2v) is 4.29. The highest BCUT2D eigenvalue weighted by Gasteiger charge is 2.22. The molecule has 0 aliphatic carbocycles. The van der Waals surface area contributed by atoms with Crippen LogP contribution in [0.2, 0.25) is 0 Å². The fraction of sp³-hybridized carbons (Fsp3) is 0.778. The molecule has 0 saturated heterocycles. The molecule has 0 saturated carbocycles. The van der Waals surface area contributed by atoms with Crippen LogP contribution in [0.5, 0.6) is 0 Å². The highest BCUT2D eigenvalue weighted by molar-refractivity contribution is 5.05. The van der Waals surface area contributed by atoms with Gasteiger partial charge in [0, 0.05) is 13.0 Å². The first kappa shape index (κ1) is 10.2. The van der Waals surface area contributed by atoms with Gasteiger partial charge in [0.15, 0.2) is 5.82 Å². The summed E-state index contributed by atoms with van der Waals surface area (Å²) in [6.45, 7) is 8.01. The van der Waals surface area contributed by atoms with E-state index in [1.54, 1.807) is 4.68 Å². The summed E-state index contributed by atoms with van der Waals surface area (Å²) >= 11 is 0. The molecule has 1 heterocycles. The second-order valence-electron chi connectivity index (χ2n) is 4.29. The number of hydrogen-bond acceptors (Lipinski definition) is 3. The van der Waals surface area contributed by atoms with Gasteiger partial charge in [0.1, 0.15) is 5.82 Å². The Morgan fingerprint density at radius 3 is 2.15 bits per heavy atom. The molecule has 4 nitrogen and oxygen atoms in total. The van der Waals surface area contributed by atoms with Crippen LogP contribution in [0, 0.1) is 0 Å². The van der Waals surface area contributed by atoms with Crippen molar-refractivity contribution >= 4 is 0 Å². The molecule has 1 aromatic heterocycles. The first-order chi connectivity index (χ1) is 5.82. The molecule has 1 aromatic rings. The van der Waals surface area contributed by atoms with Gasteiger partial charge in [-0.3, -0.25) is 4.68 Å². The first-order valence-corrected chi connectivity index (χ1v) is 4.52. The van der Waals surface area contributed by atoms with Crippen molar-refractivity contribution in [2.75, 3.05) is 0 Å². The molecule has 0 amide bonds. The lowest BCUT2D eigenvalue weighted by Gasteiger charge is -2.16. The predicted octanol–water partition coefficient (Wildman–Crippen LogP) is 1.13. The Balaban J connectivity index is 3.11. The predicted molar refractivity (Wildman–Crippen MR) is 52.3 cm³/mol. The van der Waals surface area contributed by atoms with Crippen molar-refractivity contribution in [3.63, 3.8) is 0 Å². The molecule has 0 radical (unpaired) electrons. The third-order valence-electron chi connectivity index (χ3n) is 1.87. The van der Waals surface area contributed by atoms with E-state index in [2.05, 4.69) is 23.9 Å². The minimum atomic E-state index is -0.422. The van der Waals surface area contributed by atoms with E-state index in [-0.39, 0.29) is 0 Å². The second kappa shape index (κ2) is 3.10. The molecule has 0 fully saturated rings. The smallest absolute Gasteiger partial charge is 0.153 e. The first-order valence-electron chi connectivity index (χ1n) is 4.52. The number of nitrogens with zero attached hydrogens (tertiary/aromatic N) is 3. The van der Waals surface area contributed by atoms with Crippen LogP contribution >= 0.6 is 0 Å². The number of aryl methyl sites for hydroxylation is 1. The van der Waals surface area contributed by atoms with Gasteiger partial charge in [0.25, 0.3) is 0 Å². The Hall–Kier alpha value is -0.900. The summed E-state index contributed by atoms with van der Waals surface area (Å²) in [5, 5.41) is 4.30. The Morgan fingerprint density at radius 2 is 1.92 bits per heavy atom. The molecule has 0 bridgehead atoms. The lowest BCUT2D eigenvalue weighted by molar-refractivity contribution is 0.481. The van der Waals surface area contributed by atoms with Crippen LogP contribution in [-0.2, 0) is 12.6 Å². The fourth-order valence-corrected chi connectivity index (χ4v) is 1.21. The molecule has 13 heavy (non-hydrogen) atoms. The number of aromatic nitrogens is 3. The Labute approximate surface area is 79.2 Å². The van der Waals surface area contributed by atoms with Crippen molar-refractivity contribution in [3.8, 4) is 0 Å². The van der Waals surface area contributed by atoms with Crippen molar-refractivity contribution in [1.82, 2.24) is 14.8 Å². The molecule has 0 aliphatic rings. The highest BCUT2D eigenvalue weighted by Crippen LogP contribution is 2.16. The van der Waals surface area contributed by atoms with Crippen LogP contribution in [-0.4, -0.2) is 14.8 Å². The Bertz CT molecular complexity index is 293. The third kappa shape index (κ3) is 2.06. The van der Waals surface area contributed by atoms with Crippen LogP contribution in [0.15, 0.2) is 0 Å². The summed E-state index contributed by atoms with van der Waals surface area (Å²) in [4.78, 5) is 4.41. The summed E-state index contributed by atoms with van der Waals surface area (Å²) in [5.74, 6) is 2.04. The summed E-state index contributed by atoms with van der Waals surface area (Å²) in [6, 6.07) is 0. The van der Waals surface area contributed by atoms with Crippen molar-refractivity contribution < 1.29 is 0 Å². The van der Waals surface area contributed by atoms with Gasteiger partial charge in [-0.1, -0.05) is 13.8 Å². The monoisotopic (exact) mass is 182 g/mol. The van der Waals surface area contributed by atoms with Gasteiger partial charge in [-0.2, -0.15) is 5.10 Å². The summed E-state index contributed by atoms with van der Waals surface area (Å²) in [5.41, 5.74) is 5.53. The van der Waals surface area contributed by atoms with E-state index < -0.39 is 5.54 Å². The van der Waals surface area contributed by atoms with Crippen molar-refractivity contribution in [1.29, 1.82) is 0 Å². The standard InChI is InChI=1S/C9H18N4/c1-6(2)7-11-8(9(3,4)10)13(5)12-7/h6H,10H2,1-5H3. The molecular formula is C9H18N4. The molecule has 2 N–H and O–H groups in total. The maximum absolute atomic E-state index is 5.95. The topological polar surface area (TPSA) is 56.7 Å². The van der Waals surface area contributed by atoms with E-state index in [9.17, 15) is 0 Å². The molecule has 0 spiro atoms. The van der Waals surface area contributed by atoms with Gasteiger partial charge in [-0.25, -0.2) is 4.98 Å². The highest BCUT2D eigenvalue weighted by atomic mass is 15.3. The lowest BCUT2D eigenvalue weighted by Crippen LogP contribution is -2.32. The van der Waals surface area contributed by atoms with Gasteiger partial charge in [-0.15, -0.1) is 0 Å². The lowest BCUT2D eigenvalue weighted by atomic mass is 10.1. The van der Waals surface area contributed by atoms with Crippen LogP contribution < -0.4 is 5.73 Å². The zero-order valence-electron chi connectivity index (χ0n) is 9.00. The maximum atomic E-state index is 5.95. The van der Waals surface area contributed by atoms with Crippen molar-refractivity contribution in [3.05, 3.63) is 11.6 Å². The summed E-state index contributed by atoms with van der Waals surface area (Å²) in [6.07, 6.45) is 0. The van der Waals surface area contributed by atoms with Crippen molar-refractivity contribution in [2.45, 2.75) is 39.2 Å². The van der Waals surface area contributed by atoms with Gasteiger partial charge in [0.05, 0.1) is 5.54 Å². The zero-order chi connectivity index (χ0) is 10.2. The van der Waals surface area contributed by atoms with E-state index in [1.807, 2.05) is 20.9 Å². The number of hydrogen-bond donors (Lipinski definition) is 1. The molecule has 0 aromatic carbocycles. The van der Waals surface area contributed by atoms with Gasteiger partial charge >= 0.3 is 0 Å². The SMILES string of the molecule is CC(C)c1nc(C(C)(C)N)n(C)n1. The van der Waals surface area contributed by atoms with E-state index >= 15 is 0 Å². The molecular weight excluding hydrogens is 164 g/mol. The largest absolute Gasteiger partial charge is 0.319 e. The minimum absolute atomic E-state index is 0.349. The van der Waals surface area contributed by atoms with E-state index in [1.165, 1.54) is 0 Å². The Morgan fingerprint density at radius 1 is 1.38 bits per heavy atom. The maximum Gasteiger partial charge on any atom is 0.153 e. The number of rotatable bonds is 2. The molecule has 0 atom stereocenters. The van der Waals surface area contributed by atoms with Gasteiger partial charge in [0.2, 0.25) is 0 Å². The van der Waals surface area contributed by atoms with Gasteiger partial charge < -0.3 is 5.73 Å².